The Morgan fingerprint density at radius 1 is 1.15 bits per heavy atom. The summed E-state index contributed by atoms with van der Waals surface area (Å²) in [5.74, 6) is -2.17. The minimum atomic E-state index is -4.38. The first-order valence-electron chi connectivity index (χ1n) is 6.58. The van der Waals surface area contributed by atoms with Gasteiger partial charge in [-0.2, -0.15) is 13.2 Å². The van der Waals surface area contributed by atoms with Crippen LogP contribution in [0.1, 0.15) is 40.5 Å². The Morgan fingerprint density at radius 3 is 2.10 bits per heavy atom. The molecule has 3 nitrogen and oxygen atoms in total. The molecule has 7 heteroatoms. The van der Waals surface area contributed by atoms with Crippen LogP contribution in [-0.2, 0) is 14.1 Å². The van der Waals surface area contributed by atoms with Crippen molar-refractivity contribution in [2.45, 2.75) is 57.9 Å². The van der Waals surface area contributed by atoms with Crippen LogP contribution in [0, 0.1) is 5.92 Å². The zero-order valence-electron chi connectivity index (χ0n) is 12.0. The molecule has 1 aliphatic heterocycles. The molecular formula is C13H18BF3O3. The molecule has 0 aromatic carbocycles. The number of rotatable bonds is 1. The summed E-state index contributed by atoms with van der Waals surface area (Å²) >= 11 is 0. The van der Waals surface area contributed by atoms with Crippen LogP contribution in [0.2, 0.25) is 0 Å². The molecule has 0 aromatic rings. The average Bonchev–Trinajstić information content (AvgIpc) is 2.46. The molecule has 0 aromatic heterocycles. The van der Waals surface area contributed by atoms with Crippen molar-refractivity contribution in [2.24, 2.45) is 5.92 Å². The summed E-state index contributed by atoms with van der Waals surface area (Å²) in [5, 5.41) is 0. The molecule has 0 radical (unpaired) electrons. The lowest BCUT2D eigenvalue weighted by Gasteiger charge is -2.32. The standard InChI is InChI=1S/C13H18BF3O3/c1-11(2)12(3,4)20-14(19-11)9-5-8(13(15,16)17)6-10(18)7-9/h7-8H,5-6H2,1-4H3/t8-/m0/s1. The molecule has 1 fully saturated rings. The van der Waals surface area contributed by atoms with Gasteiger partial charge in [-0.15, -0.1) is 0 Å². The van der Waals surface area contributed by atoms with Crippen molar-refractivity contribution in [1.29, 1.82) is 0 Å². The molecule has 1 saturated heterocycles. The Morgan fingerprint density at radius 2 is 1.65 bits per heavy atom. The van der Waals surface area contributed by atoms with Gasteiger partial charge in [-0.25, -0.2) is 0 Å². The molecule has 0 bridgehead atoms. The maximum Gasteiger partial charge on any atom is 0.490 e. The highest BCUT2D eigenvalue weighted by molar-refractivity contribution is 6.55. The van der Waals surface area contributed by atoms with Gasteiger partial charge >= 0.3 is 13.3 Å². The fourth-order valence-electron chi connectivity index (χ4n) is 2.31. The number of allylic oxidation sites excluding steroid dienone is 2. The number of carbonyl (C=O) groups is 1. The molecular weight excluding hydrogens is 272 g/mol. The molecule has 1 heterocycles. The summed E-state index contributed by atoms with van der Waals surface area (Å²) < 4.78 is 49.9. The molecule has 1 aliphatic carbocycles. The lowest BCUT2D eigenvalue weighted by atomic mass is 9.69. The van der Waals surface area contributed by atoms with Crippen molar-refractivity contribution < 1.29 is 27.3 Å². The van der Waals surface area contributed by atoms with Crippen molar-refractivity contribution in [3.63, 3.8) is 0 Å². The van der Waals surface area contributed by atoms with Gasteiger partial charge in [0.25, 0.3) is 0 Å². The third-order valence-corrected chi connectivity index (χ3v) is 4.29. The Kier molecular flexibility index (Phi) is 3.58. The van der Waals surface area contributed by atoms with Crippen LogP contribution in [0.5, 0.6) is 0 Å². The van der Waals surface area contributed by atoms with E-state index < -0.39 is 42.6 Å². The average molecular weight is 290 g/mol. The molecule has 20 heavy (non-hydrogen) atoms. The molecule has 2 aliphatic rings. The van der Waals surface area contributed by atoms with E-state index in [1.165, 1.54) is 6.08 Å². The van der Waals surface area contributed by atoms with Gasteiger partial charge in [0.2, 0.25) is 0 Å². The molecule has 0 N–H and O–H groups in total. The third kappa shape index (κ3) is 2.79. The highest BCUT2D eigenvalue weighted by Crippen LogP contribution is 2.43. The third-order valence-electron chi connectivity index (χ3n) is 4.29. The van der Waals surface area contributed by atoms with Gasteiger partial charge in [-0.1, -0.05) is 0 Å². The second-order valence-corrected chi connectivity index (χ2v) is 6.42. The minimum Gasteiger partial charge on any atom is -0.400 e. The topological polar surface area (TPSA) is 35.5 Å². The van der Waals surface area contributed by atoms with Gasteiger partial charge in [-0.05, 0) is 45.7 Å². The van der Waals surface area contributed by atoms with Gasteiger partial charge in [0, 0.05) is 6.42 Å². The monoisotopic (exact) mass is 290 g/mol. The van der Waals surface area contributed by atoms with Crippen LogP contribution in [0.4, 0.5) is 13.2 Å². The lowest BCUT2D eigenvalue weighted by molar-refractivity contribution is -0.178. The van der Waals surface area contributed by atoms with E-state index in [0.717, 1.165) is 0 Å². The van der Waals surface area contributed by atoms with Crippen LogP contribution in [0.25, 0.3) is 0 Å². The van der Waals surface area contributed by atoms with Crippen LogP contribution < -0.4 is 0 Å². The maximum atomic E-state index is 12.8. The molecule has 0 amide bonds. The molecule has 2 rings (SSSR count). The Labute approximate surface area is 116 Å². The van der Waals surface area contributed by atoms with Crippen LogP contribution in [-0.4, -0.2) is 30.3 Å². The Hall–Kier alpha value is -0.815. The van der Waals surface area contributed by atoms with Crippen molar-refractivity contribution in [3.8, 4) is 0 Å². The molecule has 1 atom stereocenters. The summed E-state index contributed by atoms with van der Waals surface area (Å²) in [6.45, 7) is 7.28. The van der Waals surface area contributed by atoms with E-state index in [0.29, 0.717) is 0 Å². The van der Waals surface area contributed by atoms with Crippen molar-refractivity contribution >= 4 is 12.9 Å². The number of hydrogen-bond acceptors (Lipinski definition) is 3. The van der Waals surface area contributed by atoms with Gasteiger partial charge in [0.05, 0.1) is 17.1 Å². The largest absolute Gasteiger partial charge is 0.490 e. The number of hydrogen-bond donors (Lipinski definition) is 0. The van der Waals surface area contributed by atoms with E-state index in [2.05, 4.69) is 0 Å². The maximum absolute atomic E-state index is 12.8. The van der Waals surface area contributed by atoms with Crippen molar-refractivity contribution in [2.75, 3.05) is 0 Å². The van der Waals surface area contributed by atoms with E-state index >= 15 is 0 Å². The summed E-state index contributed by atoms with van der Waals surface area (Å²) in [6.07, 6.45) is -3.87. The van der Waals surface area contributed by atoms with Crippen molar-refractivity contribution in [1.82, 2.24) is 0 Å². The molecule has 0 saturated carbocycles. The fourth-order valence-corrected chi connectivity index (χ4v) is 2.31. The smallest absolute Gasteiger partial charge is 0.400 e. The van der Waals surface area contributed by atoms with E-state index in [-0.39, 0.29) is 11.9 Å². The Balaban J connectivity index is 2.20. The van der Waals surface area contributed by atoms with E-state index in [1.807, 2.05) is 27.7 Å². The molecule has 0 unspecified atom stereocenters. The second-order valence-electron chi connectivity index (χ2n) is 6.42. The molecule has 112 valence electrons. The van der Waals surface area contributed by atoms with Gasteiger partial charge in [0.1, 0.15) is 0 Å². The number of ketones is 1. The predicted molar refractivity (Wildman–Crippen MR) is 68.0 cm³/mol. The van der Waals surface area contributed by atoms with Gasteiger partial charge < -0.3 is 9.31 Å². The summed E-state index contributed by atoms with van der Waals surface area (Å²) in [5.41, 5.74) is -0.985. The van der Waals surface area contributed by atoms with Crippen molar-refractivity contribution in [3.05, 3.63) is 11.5 Å². The molecule has 0 spiro atoms. The highest BCUT2D eigenvalue weighted by atomic mass is 19.4. The number of halogens is 3. The zero-order chi connectivity index (χ0) is 15.3. The summed E-state index contributed by atoms with van der Waals surface area (Å²) in [4.78, 5) is 11.5. The SMILES string of the molecule is CC1(C)OB(C2=CC(=O)C[C@@H](C(F)(F)F)C2)OC1(C)C. The lowest BCUT2D eigenvalue weighted by Crippen LogP contribution is -2.41. The highest BCUT2D eigenvalue weighted by Gasteiger charge is 2.54. The normalized spacial score (nSPS) is 29.6. The number of alkyl halides is 3. The first-order valence-corrected chi connectivity index (χ1v) is 6.58. The van der Waals surface area contributed by atoms with Crippen LogP contribution in [0.15, 0.2) is 11.5 Å². The number of carbonyl (C=O) groups excluding carboxylic acids is 1. The first kappa shape index (κ1) is 15.6. The first-order chi connectivity index (χ1) is 8.92. The predicted octanol–water partition coefficient (Wildman–Crippen LogP) is 3.09. The van der Waals surface area contributed by atoms with Gasteiger partial charge in [-0.3, -0.25) is 4.79 Å². The van der Waals surface area contributed by atoms with E-state index in [1.54, 1.807) is 0 Å². The summed E-state index contributed by atoms with van der Waals surface area (Å²) in [7, 11) is -0.880. The van der Waals surface area contributed by atoms with Gasteiger partial charge in [0.15, 0.2) is 5.78 Å². The second kappa shape index (κ2) is 4.60. The van der Waals surface area contributed by atoms with E-state index in [4.69, 9.17) is 9.31 Å². The van der Waals surface area contributed by atoms with Crippen LogP contribution in [0.3, 0.4) is 0 Å². The quantitative estimate of drug-likeness (QED) is 0.696. The fraction of sp³-hybridized carbons (Fsp3) is 0.769. The zero-order valence-corrected chi connectivity index (χ0v) is 12.0. The minimum absolute atomic E-state index is 0.244. The summed E-state index contributed by atoms with van der Waals surface area (Å²) in [6, 6.07) is 0. The van der Waals surface area contributed by atoms with E-state index in [9.17, 15) is 18.0 Å². The Bertz CT molecular complexity index is 438. The van der Waals surface area contributed by atoms with Crippen LogP contribution >= 0.6 is 0 Å².